The number of hydrogen-bond donors (Lipinski definition) is 1. The Morgan fingerprint density at radius 3 is 2.41 bits per heavy atom. The number of carbonyl (C=O) groups is 2. The Morgan fingerprint density at radius 1 is 1.22 bits per heavy atom. The number of sulfonamides is 1. The fraction of sp³-hybridized carbons (Fsp3) is 0.529. The predicted octanol–water partition coefficient (Wildman–Crippen LogP) is 1.43. The van der Waals surface area contributed by atoms with Crippen molar-refractivity contribution in [3.05, 3.63) is 29.8 Å². The van der Waals surface area contributed by atoms with Crippen molar-refractivity contribution in [2.75, 3.05) is 19.6 Å². The van der Waals surface area contributed by atoms with Gasteiger partial charge in [-0.15, -0.1) is 0 Å². The molecule has 7 nitrogen and oxygen atoms in total. The molecule has 1 fully saturated rings. The molecule has 2 rings (SSSR count). The first-order valence-electron chi connectivity index (χ1n) is 8.53. The smallest absolute Gasteiger partial charge is 0.325 e. The van der Waals surface area contributed by atoms with Gasteiger partial charge >= 0.3 is 5.97 Å². The minimum absolute atomic E-state index is 0.0653. The number of amides is 1. The highest BCUT2D eigenvalue weighted by atomic mass is 32.2. The molecule has 1 aromatic rings. The molecule has 1 saturated heterocycles. The number of ether oxygens (including phenoxy) is 1. The van der Waals surface area contributed by atoms with Gasteiger partial charge in [0.15, 0.2) is 11.6 Å². The van der Waals surface area contributed by atoms with Gasteiger partial charge in [-0.3, -0.25) is 9.59 Å². The molecular weight excluding hydrogens is 382 g/mol. The number of esters is 1. The van der Waals surface area contributed by atoms with E-state index in [1.807, 2.05) is 0 Å². The van der Waals surface area contributed by atoms with Crippen molar-refractivity contribution in [2.45, 2.75) is 37.7 Å². The first kappa shape index (κ1) is 21.2. The van der Waals surface area contributed by atoms with Crippen LogP contribution in [0.1, 0.15) is 26.7 Å². The fourth-order valence-electron chi connectivity index (χ4n) is 2.75. The Bertz CT molecular complexity index is 806. The van der Waals surface area contributed by atoms with Crippen molar-refractivity contribution in [3.8, 4) is 0 Å². The number of benzene rings is 1. The third-order valence-electron chi connectivity index (χ3n) is 4.13. The molecule has 0 bridgehead atoms. The zero-order valence-corrected chi connectivity index (χ0v) is 15.9. The van der Waals surface area contributed by atoms with Gasteiger partial charge < -0.3 is 10.1 Å². The van der Waals surface area contributed by atoms with Gasteiger partial charge in [0.25, 0.3) is 0 Å². The molecule has 1 N–H and O–H groups in total. The van der Waals surface area contributed by atoms with Gasteiger partial charge in [0.05, 0.1) is 11.0 Å². The van der Waals surface area contributed by atoms with Crippen molar-refractivity contribution in [1.29, 1.82) is 0 Å². The van der Waals surface area contributed by atoms with E-state index in [0.717, 1.165) is 16.4 Å². The van der Waals surface area contributed by atoms with Crippen LogP contribution in [0.4, 0.5) is 8.78 Å². The van der Waals surface area contributed by atoms with Crippen molar-refractivity contribution in [3.63, 3.8) is 0 Å². The van der Waals surface area contributed by atoms with E-state index in [1.54, 1.807) is 13.8 Å². The lowest BCUT2D eigenvalue weighted by Gasteiger charge is -2.30. The maximum atomic E-state index is 13.3. The molecule has 1 heterocycles. The summed E-state index contributed by atoms with van der Waals surface area (Å²) in [6.07, 6.45) is 0.237. The maximum Gasteiger partial charge on any atom is 0.325 e. The second-order valence-electron chi connectivity index (χ2n) is 6.51. The largest absolute Gasteiger partial charge is 0.462 e. The van der Waals surface area contributed by atoms with Gasteiger partial charge in [0.1, 0.15) is 6.54 Å². The Morgan fingerprint density at radius 2 is 1.85 bits per heavy atom. The summed E-state index contributed by atoms with van der Waals surface area (Å²) in [4.78, 5) is 23.2. The normalized spacial score (nSPS) is 16.3. The van der Waals surface area contributed by atoms with Gasteiger partial charge in [0, 0.05) is 19.0 Å². The summed E-state index contributed by atoms with van der Waals surface area (Å²) in [7, 11) is -3.97. The van der Waals surface area contributed by atoms with E-state index in [1.165, 1.54) is 0 Å². The molecule has 1 aliphatic rings. The lowest BCUT2D eigenvalue weighted by molar-refractivity contribution is -0.147. The average Bonchev–Trinajstić information content (AvgIpc) is 2.61. The molecule has 0 spiro atoms. The summed E-state index contributed by atoms with van der Waals surface area (Å²) in [5, 5.41) is 2.48. The zero-order chi connectivity index (χ0) is 20.2. The van der Waals surface area contributed by atoms with Crippen LogP contribution in [0.15, 0.2) is 23.1 Å². The number of nitrogens with zero attached hydrogens (tertiary/aromatic N) is 1. The molecule has 1 amide bonds. The number of nitrogens with one attached hydrogen (secondary N) is 1. The van der Waals surface area contributed by atoms with Crippen LogP contribution < -0.4 is 5.32 Å². The number of halogens is 2. The van der Waals surface area contributed by atoms with Crippen LogP contribution >= 0.6 is 0 Å². The van der Waals surface area contributed by atoms with Gasteiger partial charge in [-0.1, -0.05) is 0 Å². The first-order chi connectivity index (χ1) is 12.6. The van der Waals surface area contributed by atoms with Crippen LogP contribution in [0.5, 0.6) is 0 Å². The minimum atomic E-state index is -3.97. The average molecular weight is 404 g/mol. The van der Waals surface area contributed by atoms with E-state index in [-0.39, 0.29) is 49.4 Å². The molecular formula is C17H22F2N2O5S. The number of rotatable bonds is 6. The lowest BCUT2D eigenvalue weighted by Crippen LogP contribution is -2.44. The summed E-state index contributed by atoms with van der Waals surface area (Å²) < 4.78 is 57.4. The molecule has 0 saturated carbocycles. The molecule has 1 aromatic carbocycles. The molecule has 27 heavy (non-hydrogen) atoms. The second kappa shape index (κ2) is 8.75. The van der Waals surface area contributed by atoms with Gasteiger partial charge in [-0.05, 0) is 44.9 Å². The quantitative estimate of drug-likeness (QED) is 0.724. The Kier molecular flexibility index (Phi) is 6.88. The third kappa shape index (κ3) is 5.46. The Hall–Kier alpha value is -2.07. The van der Waals surface area contributed by atoms with E-state index < -0.39 is 33.5 Å². The molecule has 0 aliphatic carbocycles. The topological polar surface area (TPSA) is 92.8 Å². The highest BCUT2D eigenvalue weighted by Crippen LogP contribution is 2.24. The summed E-state index contributed by atoms with van der Waals surface area (Å²) in [6.45, 7) is 3.28. The summed E-state index contributed by atoms with van der Waals surface area (Å²) >= 11 is 0. The maximum absolute atomic E-state index is 13.3. The van der Waals surface area contributed by atoms with Crippen molar-refractivity contribution < 1.29 is 31.5 Å². The molecule has 0 atom stereocenters. The van der Waals surface area contributed by atoms with Crippen LogP contribution in [-0.2, 0) is 24.3 Å². The molecule has 150 valence electrons. The SMILES string of the molecule is CC(C)OC(=O)CNC(=O)C1CCN(S(=O)(=O)c2ccc(F)c(F)c2)CC1. The van der Waals surface area contributed by atoms with Gasteiger partial charge in [0.2, 0.25) is 15.9 Å². The molecule has 10 heteroatoms. The predicted molar refractivity (Wildman–Crippen MR) is 92.1 cm³/mol. The molecule has 0 unspecified atom stereocenters. The molecule has 0 radical (unpaired) electrons. The van der Waals surface area contributed by atoms with Crippen molar-refractivity contribution >= 4 is 21.9 Å². The molecule has 1 aliphatic heterocycles. The van der Waals surface area contributed by atoms with Gasteiger partial charge in [-0.25, -0.2) is 17.2 Å². The van der Waals surface area contributed by atoms with E-state index in [0.29, 0.717) is 6.07 Å². The Labute approximate surface area is 156 Å². The van der Waals surface area contributed by atoms with E-state index >= 15 is 0 Å². The molecule has 0 aromatic heterocycles. The van der Waals surface area contributed by atoms with E-state index in [2.05, 4.69) is 5.32 Å². The standard InChI is InChI=1S/C17H22F2N2O5S/c1-11(2)26-16(22)10-20-17(23)12-5-7-21(8-6-12)27(24,25)13-3-4-14(18)15(19)9-13/h3-4,9,11-12H,5-8,10H2,1-2H3,(H,20,23). The van der Waals surface area contributed by atoms with Crippen LogP contribution in [0, 0.1) is 17.6 Å². The van der Waals surface area contributed by atoms with E-state index in [9.17, 15) is 26.8 Å². The van der Waals surface area contributed by atoms with Crippen LogP contribution in [0.2, 0.25) is 0 Å². The number of hydrogen-bond acceptors (Lipinski definition) is 5. The summed E-state index contributed by atoms with van der Waals surface area (Å²) in [5.41, 5.74) is 0. The van der Waals surface area contributed by atoms with Gasteiger partial charge in [-0.2, -0.15) is 4.31 Å². The number of piperidine rings is 1. The first-order valence-corrected chi connectivity index (χ1v) is 9.97. The monoisotopic (exact) mass is 404 g/mol. The van der Waals surface area contributed by atoms with Crippen molar-refractivity contribution in [2.24, 2.45) is 5.92 Å². The fourth-order valence-corrected chi connectivity index (χ4v) is 4.23. The third-order valence-corrected chi connectivity index (χ3v) is 6.02. The highest BCUT2D eigenvalue weighted by Gasteiger charge is 2.32. The lowest BCUT2D eigenvalue weighted by atomic mass is 9.97. The second-order valence-corrected chi connectivity index (χ2v) is 8.45. The highest BCUT2D eigenvalue weighted by molar-refractivity contribution is 7.89. The van der Waals surface area contributed by atoms with Crippen molar-refractivity contribution in [1.82, 2.24) is 9.62 Å². The Balaban J connectivity index is 1.91. The summed E-state index contributed by atoms with van der Waals surface area (Å²) in [6, 6.07) is 2.41. The summed E-state index contributed by atoms with van der Waals surface area (Å²) in [5.74, 6) is -3.69. The zero-order valence-electron chi connectivity index (χ0n) is 15.1. The number of carbonyl (C=O) groups excluding carboxylic acids is 2. The van der Waals surface area contributed by atoms with Crippen LogP contribution in [0.25, 0.3) is 0 Å². The van der Waals surface area contributed by atoms with E-state index in [4.69, 9.17) is 4.74 Å². The van der Waals surface area contributed by atoms with Crippen LogP contribution in [0.3, 0.4) is 0 Å². The van der Waals surface area contributed by atoms with Crippen LogP contribution in [-0.4, -0.2) is 50.3 Å². The minimum Gasteiger partial charge on any atom is -0.462 e.